The number of nitrogens with one attached hydrogen (secondary N) is 2. The van der Waals surface area contributed by atoms with E-state index in [2.05, 4.69) is 10.0 Å². The number of amides is 1. The second-order valence-corrected chi connectivity index (χ2v) is 7.06. The van der Waals surface area contributed by atoms with Crippen molar-refractivity contribution in [1.82, 2.24) is 4.72 Å². The van der Waals surface area contributed by atoms with Crippen molar-refractivity contribution in [2.75, 3.05) is 5.32 Å². The maximum absolute atomic E-state index is 12.8. The van der Waals surface area contributed by atoms with E-state index >= 15 is 0 Å². The Hall–Kier alpha value is -1.63. The molecule has 2 unspecified atom stereocenters. The number of halogens is 1. The van der Waals surface area contributed by atoms with E-state index in [1.165, 1.54) is 24.3 Å². The zero-order valence-corrected chi connectivity index (χ0v) is 13.3. The molecule has 22 heavy (non-hydrogen) atoms. The molecular formula is C16H19FN2O2S. The Morgan fingerprint density at radius 1 is 1.36 bits per heavy atom. The van der Waals surface area contributed by atoms with Crippen molar-refractivity contribution in [3.63, 3.8) is 0 Å². The van der Waals surface area contributed by atoms with Crippen LogP contribution < -0.4 is 10.0 Å². The molecule has 0 heterocycles. The molecule has 6 heteroatoms. The molecule has 0 saturated carbocycles. The van der Waals surface area contributed by atoms with Crippen molar-refractivity contribution in [2.45, 2.75) is 31.6 Å². The highest BCUT2D eigenvalue weighted by Crippen LogP contribution is 2.15. The molecule has 1 aliphatic carbocycles. The number of hydrogen-bond donors (Lipinski definition) is 2. The lowest BCUT2D eigenvalue weighted by Crippen LogP contribution is -2.38. The molecule has 1 aliphatic rings. The van der Waals surface area contributed by atoms with Gasteiger partial charge < -0.3 is 9.87 Å². The summed E-state index contributed by atoms with van der Waals surface area (Å²) in [7, 11) is 0. The maximum atomic E-state index is 12.8. The van der Waals surface area contributed by atoms with Gasteiger partial charge in [-0.15, -0.1) is 4.72 Å². The molecule has 1 aromatic carbocycles. The van der Waals surface area contributed by atoms with E-state index < -0.39 is 11.4 Å². The van der Waals surface area contributed by atoms with Gasteiger partial charge in [-0.1, -0.05) is 18.2 Å². The van der Waals surface area contributed by atoms with Crippen LogP contribution in [0, 0.1) is 5.82 Å². The van der Waals surface area contributed by atoms with Crippen LogP contribution in [0.4, 0.5) is 10.1 Å². The summed E-state index contributed by atoms with van der Waals surface area (Å²) in [5, 5.41) is 2.75. The summed E-state index contributed by atoms with van der Waals surface area (Å²) in [4.78, 5) is 12.1. The lowest BCUT2D eigenvalue weighted by Gasteiger charge is -2.21. The molecular weight excluding hydrogens is 303 g/mol. The van der Waals surface area contributed by atoms with Crippen molar-refractivity contribution in [1.29, 1.82) is 0 Å². The third-order valence-corrected chi connectivity index (χ3v) is 4.55. The predicted molar refractivity (Wildman–Crippen MR) is 87.1 cm³/mol. The zero-order valence-electron chi connectivity index (χ0n) is 12.5. The van der Waals surface area contributed by atoms with E-state index in [0.717, 1.165) is 0 Å². The first-order valence-electron chi connectivity index (χ1n) is 7.07. The molecule has 2 rings (SSSR count). The smallest absolute Gasteiger partial charge is 0.255 e. The first-order valence-corrected chi connectivity index (χ1v) is 8.29. The Morgan fingerprint density at radius 3 is 2.59 bits per heavy atom. The average molecular weight is 322 g/mol. The summed E-state index contributed by atoms with van der Waals surface area (Å²) in [6, 6.07) is 5.57. The zero-order chi connectivity index (χ0) is 16.1. The standard InChI is InChI=1S/C16H19FN2O2S/c1-11(2)22(21)19-15-7-3-12(4-8-15)16(20)18-14-9-5-13(17)6-10-14/h3-7,9-11,15,19H,8H2,1-2H3,(H,18,20). The van der Waals surface area contributed by atoms with Crippen molar-refractivity contribution in [2.24, 2.45) is 0 Å². The second-order valence-electron chi connectivity index (χ2n) is 5.29. The Labute approximate surface area is 132 Å². The van der Waals surface area contributed by atoms with Gasteiger partial charge in [0.2, 0.25) is 0 Å². The van der Waals surface area contributed by atoms with Gasteiger partial charge in [-0.25, -0.2) is 4.39 Å². The fraction of sp³-hybridized carbons (Fsp3) is 0.312. The fourth-order valence-corrected chi connectivity index (χ4v) is 2.64. The van der Waals surface area contributed by atoms with Crippen LogP contribution in [0.5, 0.6) is 0 Å². The minimum absolute atomic E-state index is 0.0365. The summed E-state index contributed by atoms with van der Waals surface area (Å²) in [6.07, 6.45) is 5.94. The highest BCUT2D eigenvalue weighted by Gasteiger charge is 2.19. The number of anilines is 1. The molecule has 0 aromatic heterocycles. The Bertz CT molecular complexity index is 584. The van der Waals surface area contributed by atoms with Gasteiger partial charge in [-0.05, 0) is 44.5 Å². The lowest BCUT2D eigenvalue weighted by molar-refractivity contribution is -0.112. The van der Waals surface area contributed by atoms with Gasteiger partial charge in [0.05, 0.1) is 6.04 Å². The predicted octanol–water partition coefficient (Wildman–Crippen LogP) is 2.68. The van der Waals surface area contributed by atoms with Gasteiger partial charge in [0, 0.05) is 22.6 Å². The van der Waals surface area contributed by atoms with Crippen LogP contribution in [0.25, 0.3) is 0 Å². The first kappa shape index (κ1) is 16.7. The molecule has 2 N–H and O–H groups in total. The lowest BCUT2D eigenvalue weighted by atomic mass is 10.0. The summed E-state index contributed by atoms with van der Waals surface area (Å²) in [6.45, 7) is 3.76. The van der Waals surface area contributed by atoms with Crippen molar-refractivity contribution >= 4 is 23.0 Å². The molecule has 0 fully saturated rings. The maximum Gasteiger partial charge on any atom is 0.255 e. The normalized spacial score (nSPS) is 19.0. The van der Waals surface area contributed by atoms with Crippen LogP contribution >= 0.6 is 0 Å². The number of hydrogen-bond acceptors (Lipinski definition) is 3. The van der Waals surface area contributed by atoms with Gasteiger partial charge in [-0.2, -0.15) is 0 Å². The van der Waals surface area contributed by atoms with Gasteiger partial charge in [0.25, 0.3) is 5.91 Å². The topological polar surface area (TPSA) is 64.2 Å². The van der Waals surface area contributed by atoms with Gasteiger partial charge in [0.15, 0.2) is 0 Å². The molecule has 0 bridgehead atoms. The van der Waals surface area contributed by atoms with Crippen LogP contribution in [0.3, 0.4) is 0 Å². The number of carbonyl (C=O) groups excluding carboxylic acids is 1. The van der Waals surface area contributed by atoms with E-state index in [-0.39, 0.29) is 23.0 Å². The molecule has 2 atom stereocenters. The molecule has 0 radical (unpaired) electrons. The number of benzene rings is 1. The largest absolute Gasteiger partial charge is 0.598 e. The van der Waals surface area contributed by atoms with Gasteiger partial charge >= 0.3 is 0 Å². The monoisotopic (exact) mass is 322 g/mol. The minimum atomic E-state index is -1.09. The van der Waals surface area contributed by atoms with Crippen LogP contribution in [0.2, 0.25) is 0 Å². The minimum Gasteiger partial charge on any atom is -0.598 e. The van der Waals surface area contributed by atoms with Gasteiger partial charge in [0.1, 0.15) is 11.1 Å². The molecule has 118 valence electrons. The number of carbonyl (C=O) groups is 1. The average Bonchev–Trinajstić information content (AvgIpc) is 2.50. The third-order valence-electron chi connectivity index (χ3n) is 3.16. The van der Waals surface area contributed by atoms with E-state index in [4.69, 9.17) is 0 Å². The SMILES string of the molecule is CC(C)[S+]([O-])NC1C=CC(C(=O)Nc2ccc(F)cc2)=CC1. The molecule has 0 spiro atoms. The highest BCUT2D eigenvalue weighted by atomic mass is 32.2. The Kier molecular flexibility index (Phi) is 5.76. The van der Waals surface area contributed by atoms with Crippen molar-refractivity contribution in [3.05, 3.63) is 53.9 Å². The number of rotatable bonds is 5. The van der Waals surface area contributed by atoms with Crippen molar-refractivity contribution < 1.29 is 13.7 Å². The molecule has 0 aliphatic heterocycles. The van der Waals surface area contributed by atoms with Crippen LogP contribution in [0.1, 0.15) is 20.3 Å². The quantitative estimate of drug-likeness (QED) is 0.819. The Morgan fingerprint density at radius 2 is 2.05 bits per heavy atom. The van der Waals surface area contributed by atoms with E-state index in [9.17, 15) is 13.7 Å². The molecule has 1 amide bonds. The third kappa shape index (κ3) is 4.69. The van der Waals surface area contributed by atoms with Crippen LogP contribution in [0.15, 0.2) is 48.1 Å². The summed E-state index contributed by atoms with van der Waals surface area (Å²) >= 11 is -1.09. The molecule has 1 aromatic rings. The fourth-order valence-electron chi connectivity index (χ4n) is 1.90. The van der Waals surface area contributed by atoms with E-state index in [1.807, 2.05) is 19.9 Å². The van der Waals surface area contributed by atoms with Crippen LogP contribution in [-0.2, 0) is 16.2 Å². The Balaban J connectivity index is 1.89. The summed E-state index contributed by atoms with van der Waals surface area (Å²) in [5.41, 5.74) is 1.08. The molecule has 4 nitrogen and oxygen atoms in total. The second kappa shape index (κ2) is 7.58. The highest BCUT2D eigenvalue weighted by molar-refractivity contribution is 7.90. The summed E-state index contributed by atoms with van der Waals surface area (Å²) < 4.78 is 27.5. The van der Waals surface area contributed by atoms with Gasteiger partial charge in [-0.3, -0.25) is 4.79 Å². The van der Waals surface area contributed by atoms with Crippen molar-refractivity contribution in [3.8, 4) is 0 Å². The van der Waals surface area contributed by atoms with E-state index in [1.54, 1.807) is 12.2 Å². The van der Waals surface area contributed by atoms with E-state index in [0.29, 0.717) is 17.7 Å². The van der Waals surface area contributed by atoms with Crippen LogP contribution in [-0.4, -0.2) is 21.8 Å². The molecule has 0 saturated heterocycles. The summed E-state index contributed by atoms with van der Waals surface area (Å²) in [5.74, 6) is -0.590. The first-order chi connectivity index (χ1) is 10.5.